The molecule has 2 atom stereocenters. The van der Waals surface area contributed by atoms with Gasteiger partial charge in [0.15, 0.2) is 0 Å². The van der Waals surface area contributed by atoms with Gasteiger partial charge in [-0.15, -0.1) is 0 Å². The number of hydrogen-bond acceptors (Lipinski definition) is 6. The maximum Gasteiger partial charge on any atom is 0.336 e. The highest BCUT2D eigenvalue weighted by molar-refractivity contribution is 7.80. The second-order valence-electron chi connectivity index (χ2n) is 5.34. The summed E-state index contributed by atoms with van der Waals surface area (Å²) in [5.74, 6) is -1.12. The summed E-state index contributed by atoms with van der Waals surface area (Å²) in [6.07, 6.45) is 0. The normalized spacial score (nSPS) is 20.6. The molecule has 6 nitrogen and oxygen atoms in total. The Hall–Kier alpha value is -1.86. The van der Waals surface area contributed by atoms with Crippen molar-refractivity contribution in [3.8, 4) is 0 Å². The van der Waals surface area contributed by atoms with Crippen molar-refractivity contribution in [1.82, 2.24) is 0 Å². The molecule has 0 aliphatic carbocycles. The summed E-state index contributed by atoms with van der Waals surface area (Å²) in [5.41, 5.74) is 1.40. The first-order valence-corrected chi connectivity index (χ1v) is 8.31. The summed E-state index contributed by atoms with van der Waals surface area (Å²) in [6, 6.07) is 5.60. The SMILES string of the molecule is CC1=NC(C)=C(C(=O)OCCS)C(c2ccccc2Cl)C1[N+](=O)[O-]. The van der Waals surface area contributed by atoms with Gasteiger partial charge < -0.3 is 4.74 Å². The molecule has 0 N–H and O–H groups in total. The molecule has 24 heavy (non-hydrogen) atoms. The second kappa shape index (κ2) is 7.81. The van der Waals surface area contributed by atoms with Gasteiger partial charge in [0, 0.05) is 21.4 Å². The van der Waals surface area contributed by atoms with Gasteiger partial charge in [-0.1, -0.05) is 29.8 Å². The van der Waals surface area contributed by atoms with Crippen molar-refractivity contribution < 1.29 is 14.5 Å². The molecule has 1 aliphatic heterocycles. The highest BCUT2D eigenvalue weighted by atomic mass is 35.5. The molecule has 0 bridgehead atoms. The Balaban J connectivity index is 2.61. The fourth-order valence-corrected chi connectivity index (χ4v) is 3.18. The molecule has 0 saturated heterocycles. The molecular weight excluding hydrogens is 352 g/mol. The van der Waals surface area contributed by atoms with Crippen LogP contribution in [0, 0.1) is 10.1 Å². The van der Waals surface area contributed by atoms with Crippen LogP contribution < -0.4 is 0 Å². The van der Waals surface area contributed by atoms with E-state index in [-0.39, 0.29) is 12.2 Å². The van der Waals surface area contributed by atoms with Crippen molar-refractivity contribution in [2.45, 2.75) is 25.8 Å². The van der Waals surface area contributed by atoms with Crippen LogP contribution in [0.25, 0.3) is 0 Å². The summed E-state index contributed by atoms with van der Waals surface area (Å²) in [4.78, 5) is 27.9. The van der Waals surface area contributed by atoms with E-state index in [2.05, 4.69) is 17.6 Å². The Morgan fingerprint density at radius 3 is 2.67 bits per heavy atom. The van der Waals surface area contributed by atoms with Gasteiger partial charge in [-0.05, 0) is 25.5 Å². The third-order valence-corrected chi connectivity index (χ3v) is 4.33. The number of rotatable bonds is 5. The number of benzene rings is 1. The summed E-state index contributed by atoms with van der Waals surface area (Å²) in [6.45, 7) is 3.33. The van der Waals surface area contributed by atoms with Crippen molar-refractivity contribution in [3.05, 3.63) is 56.2 Å². The molecule has 2 rings (SSSR count). The smallest absolute Gasteiger partial charge is 0.336 e. The summed E-state index contributed by atoms with van der Waals surface area (Å²) >= 11 is 10.3. The minimum absolute atomic E-state index is 0.111. The first-order valence-electron chi connectivity index (χ1n) is 7.30. The van der Waals surface area contributed by atoms with E-state index >= 15 is 0 Å². The Morgan fingerprint density at radius 1 is 1.42 bits per heavy atom. The molecule has 1 aromatic carbocycles. The molecule has 0 fully saturated rings. The number of aliphatic imine (C=N–C) groups is 1. The number of allylic oxidation sites excluding steroid dienone is 1. The quantitative estimate of drug-likeness (QED) is 0.374. The lowest BCUT2D eigenvalue weighted by Crippen LogP contribution is -2.40. The van der Waals surface area contributed by atoms with Gasteiger partial charge in [-0.25, -0.2) is 4.79 Å². The number of esters is 1. The first kappa shape index (κ1) is 18.5. The molecule has 0 radical (unpaired) electrons. The van der Waals surface area contributed by atoms with Crippen molar-refractivity contribution in [3.63, 3.8) is 0 Å². The van der Waals surface area contributed by atoms with Crippen molar-refractivity contribution in [1.29, 1.82) is 0 Å². The van der Waals surface area contributed by atoms with Crippen LogP contribution in [-0.4, -0.2) is 35.0 Å². The largest absolute Gasteiger partial charge is 0.461 e. The Labute approximate surface area is 150 Å². The van der Waals surface area contributed by atoms with E-state index in [0.717, 1.165) is 0 Å². The van der Waals surface area contributed by atoms with Gasteiger partial charge >= 0.3 is 5.97 Å². The topological polar surface area (TPSA) is 81.8 Å². The zero-order valence-electron chi connectivity index (χ0n) is 13.2. The third kappa shape index (κ3) is 3.62. The zero-order chi connectivity index (χ0) is 17.9. The van der Waals surface area contributed by atoms with Crippen LogP contribution >= 0.6 is 24.2 Å². The van der Waals surface area contributed by atoms with Crippen LogP contribution in [0.1, 0.15) is 25.3 Å². The molecule has 0 amide bonds. The number of ether oxygens (including phenoxy) is 1. The molecule has 2 unspecified atom stereocenters. The molecular formula is C16H17ClN2O4S. The number of carbonyl (C=O) groups is 1. The number of carbonyl (C=O) groups excluding carboxylic acids is 1. The van der Waals surface area contributed by atoms with E-state index in [1.807, 2.05) is 0 Å². The minimum atomic E-state index is -1.17. The van der Waals surface area contributed by atoms with Gasteiger partial charge in [0.05, 0.1) is 17.2 Å². The van der Waals surface area contributed by atoms with Crippen molar-refractivity contribution in [2.24, 2.45) is 4.99 Å². The third-order valence-electron chi connectivity index (χ3n) is 3.80. The minimum Gasteiger partial charge on any atom is -0.461 e. The molecule has 1 aliphatic rings. The monoisotopic (exact) mass is 368 g/mol. The Kier molecular flexibility index (Phi) is 6.01. The predicted molar refractivity (Wildman–Crippen MR) is 95.6 cm³/mol. The summed E-state index contributed by atoms with van der Waals surface area (Å²) in [7, 11) is 0. The van der Waals surface area contributed by atoms with Crippen LogP contribution in [0.4, 0.5) is 0 Å². The average Bonchev–Trinajstić information content (AvgIpc) is 2.52. The van der Waals surface area contributed by atoms with Gasteiger partial charge in [0.2, 0.25) is 0 Å². The molecule has 0 saturated carbocycles. The lowest BCUT2D eigenvalue weighted by atomic mass is 9.80. The highest BCUT2D eigenvalue weighted by Gasteiger charge is 2.45. The van der Waals surface area contributed by atoms with E-state index < -0.39 is 22.9 Å². The number of nitro groups is 1. The maximum atomic E-state index is 12.5. The molecule has 1 aromatic rings. The molecule has 1 heterocycles. The van der Waals surface area contributed by atoms with Crippen LogP contribution in [0.5, 0.6) is 0 Å². The molecule has 0 aromatic heterocycles. The zero-order valence-corrected chi connectivity index (χ0v) is 14.9. The number of hydrogen-bond donors (Lipinski definition) is 1. The van der Waals surface area contributed by atoms with Crippen molar-refractivity contribution >= 4 is 35.9 Å². The van der Waals surface area contributed by atoms with E-state index in [9.17, 15) is 14.9 Å². The summed E-state index contributed by atoms with van der Waals surface area (Å²) < 4.78 is 5.15. The average molecular weight is 369 g/mol. The van der Waals surface area contributed by atoms with Gasteiger partial charge in [-0.2, -0.15) is 12.6 Å². The van der Waals surface area contributed by atoms with Gasteiger partial charge in [-0.3, -0.25) is 15.1 Å². The Morgan fingerprint density at radius 2 is 2.08 bits per heavy atom. The fourth-order valence-electron chi connectivity index (χ4n) is 2.83. The highest BCUT2D eigenvalue weighted by Crippen LogP contribution is 2.39. The number of nitrogens with zero attached hydrogens (tertiary/aromatic N) is 2. The van der Waals surface area contributed by atoms with Crippen LogP contribution in [0.3, 0.4) is 0 Å². The van der Waals surface area contributed by atoms with E-state index in [1.165, 1.54) is 0 Å². The Bertz CT molecular complexity index is 733. The van der Waals surface area contributed by atoms with Gasteiger partial charge in [0.1, 0.15) is 6.61 Å². The second-order valence-corrected chi connectivity index (χ2v) is 6.20. The standard InChI is InChI=1S/C16H17ClN2O4S/c1-9-13(16(20)23-7-8-24)14(11-5-3-4-6-12(11)17)15(19(21)22)10(2)18-9/h3-6,14-15,24H,7-8H2,1-2H3. The first-order chi connectivity index (χ1) is 11.4. The maximum absolute atomic E-state index is 12.5. The lowest BCUT2D eigenvalue weighted by molar-refractivity contribution is -0.505. The van der Waals surface area contributed by atoms with Gasteiger partial charge in [0.25, 0.3) is 6.04 Å². The molecule has 8 heteroatoms. The molecule has 128 valence electrons. The van der Waals surface area contributed by atoms with E-state index in [0.29, 0.717) is 27.7 Å². The predicted octanol–water partition coefficient (Wildman–Crippen LogP) is 3.29. The van der Waals surface area contributed by atoms with Crippen molar-refractivity contribution in [2.75, 3.05) is 12.4 Å². The van der Waals surface area contributed by atoms with Crippen LogP contribution in [-0.2, 0) is 9.53 Å². The lowest BCUT2D eigenvalue weighted by Gasteiger charge is -2.28. The molecule has 0 spiro atoms. The van der Waals surface area contributed by atoms with E-state index in [1.54, 1.807) is 38.1 Å². The van der Waals surface area contributed by atoms with Crippen LogP contribution in [0.15, 0.2) is 40.5 Å². The van der Waals surface area contributed by atoms with Crippen LogP contribution in [0.2, 0.25) is 5.02 Å². The fraction of sp³-hybridized carbons (Fsp3) is 0.375. The number of halogens is 1. The summed E-state index contributed by atoms with van der Waals surface area (Å²) in [5, 5.41) is 12.0. The number of thiol groups is 1. The van der Waals surface area contributed by atoms with E-state index in [4.69, 9.17) is 16.3 Å².